The highest BCUT2D eigenvalue weighted by molar-refractivity contribution is 5.99. The molecule has 0 atom stereocenters. The summed E-state index contributed by atoms with van der Waals surface area (Å²) in [6, 6.07) is 18.0. The maximum absolute atomic E-state index is 12.9. The number of hydrogen-bond acceptors (Lipinski definition) is 3. The SMILES string of the molecule is Cc1ccc(-n2nc(C(C)(C)C)cc2NC(=O)Nc2cccc(CC3CCNCC3)c2)cc1.Cl. The number of halogens is 1. The Morgan fingerprint density at radius 2 is 1.76 bits per heavy atom. The van der Waals surface area contributed by atoms with Crippen molar-refractivity contribution in [2.45, 2.75) is 52.4 Å². The Kier molecular flexibility index (Phi) is 8.39. The molecule has 0 bridgehead atoms. The van der Waals surface area contributed by atoms with Crippen LogP contribution in [0.25, 0.3) is 5.69 Å². The summed E-state index contributed by atoms with van der Waals surface area (Å²) in [5.41, 5.74) is 4.94. The Hall–Kier alpha value is -2.83. The Morgan fingerprint density at radius 1 is 1.06 bits per heavy atom. The largest absolute Gasteiger partial charge is 0.324 e. The first-order chi connectivity index (χ1) is 15.8. The van der Waals surface area contributed by atoms with Crippen LogP contribution < -0.4 is 16.0 Å². The van der Waals surface area contributed by atoms with E-state index in [1.807, 2.05) is 42.5 Å². The zero-order chi connectivity index (χ0) is 23.4. The minimum absolute atomic E-state index is 0. The first-order valence-electron chi connectivity index (χ1n) is 11.8. The van der Waals surface area contributed by atoms with Crippen molar-refractivity contribution in [2.24, 2.45) is 5.92 Å². The highest BCUT2D eigenvalue weighted by Crippen LogP contribution is 2.27. The van der Waals surface area contributed by atoms with Crippen LogP contribution in [-0.4, -0.2) is 28.9 Å². The molecule has 2 heterocycles. The maximum atomic E-state index is 12.9. The first kappa shape index (κ1) is 25.8. The normalized spacial score (nSPS) is 14.4. The maximum Gasteiger partial charge on any atom is 0.324 e. The van der Waals surface area contributed by atoms with Crippen LogP contribution in [0.3, 0.4) is 0 Å². The topological polar surface area (TPSA) is 71.0 Å². The van der Waals surface area contributed by atoms with Gasteiger partial charge in [0.2, 0.25) is 0 Å². The van der Waals surface area contributed by atoms with Gasteiger partial charge >= 0.3 is 6.03 Å². The molecule has 1 aliphatic heterocycles. The Morgan fingerprint density at radius 3 is 2.44 bits per heavy atom. The molecular formula is C27H36ClN5O. The lowest BCUT2D eigenvalue weighted by atomic mass is 9.91. The fraction of sp³-hybridized carbons (Fsp3) is 0.407. The lowest BCUT2D eigenvalue weighted by Gasteiger charge is -2.22. The van der Waals surface area contributed by atoms with Gasteiger partial charge in [0.1, 0.15) is 5.82 Å². The van der Waals surface area contributed by atoms with Crippen LogP contribution in [0, 0.1) is 12.8 Å². The van der Waals surface area contributed by atoms with E-state index in [9.17, 15) is 4.79 Å². The highest BCUT2D eigenvalue weighted by Gasteiger charge is 2.21. The number of nitrogens with zero attached hydrogens (tertiary/aromatic N) is 2. The second-order valence-corrected chi connectivity index (χ2v) is 10.1. The molecule has 2 aromatic carbocycles. The van der Waals surface area contributed by atoms with Gasteiger partial charge in [0.15, 0.2) is 0 Å². The molecule has 0 spiro atoms. The molecule has 0 radical (unpaired) electrons. The Labute approximate surface area is 208 Å². The summed E-state index contributed by atoms with van der Waals surface area (Å²) in [5.74, 6) is 1.35. The highest BCUT2D eigenvalue weighted by atomic mass is 35.5. The van der Waals surface area contributed by atoms with E-state index in [1.165, 1.54) is 24.0 Å². The number of carbonyl (C=O) groups is 1. The molecule has 1 aliphatic rings. The fourth-order valence-corrected chi connectivity index (χ4v) is 4.19. The van der Waals surface area contributed by atoms with Gasteiger partial charge in [-0.15, -0.1) is 12.4 Å². The molecule has 0 saturated carbocycles. The van der Waals surface area contributed by atoms with Gasteiger partial charge in [-0.05, 0) is 75.0 Å². The molecule has 1 fully saturated rings. The van der Waals surface area contributed by atoms with Gasteiger partial charge in [0.25, 0.3) is 0 Å². The van der Waals surface area contributed by atoms with E-state index >= 15 is 0 Å². The van der Waals surface area contributed by atoms with Crippen LogP contribution in [0.15, 0.2) is 54.6 Å². The molecule has 4 rings (SSSR count). The van der Waals surface area contributed by atoms with Crippen molar-refractivity contribution in [2.75, 3.05) is 23.7 Å². The van der Waals surface area contributed by atoms with Gasteiger partial charge < -0.3 is 10.6 Å². The van der Waals surface area contributed by atoms with E-state index in [4.69, 9.17) is 5.10 Å². The number of amides is 2. The van der Waals surface area contributed by atoms with E-state index in [1.54, 1.807) is 4.68 Å². The lowest BCUT2D eigenvalue weighted by molar-refractivity contribution is 0.262. The minimum Gasteiger partial charge on any atom is -0.317 e. The van der Waals surface area contributed by atoms with Crippen LogP contribution in [-0.2, 0) is 11.8 Å². The van der Waals surface area contributed by atoms with Gasteiger partial charge in [-0.1, -0.05) is 50.6 Å². The van der Waals surface area contributed by atoms with Crippen molar-refractivity contribution < 1.29 is 4.79 Å². The van der Waals surface area contributed by atoms with E-state index in [-0.39, 0.29) is 23.9 Å². The molecule has 3 N–H and O–H groups in total. The van der Waals surface area contributed by atoms with Crippen molar-refractivity contribution >= 4 is 29.9 Å². The average Bonchev–Trinajstić information content (AvgIpc) is 3.19. The monoisotopic (exact) mass is 481 g/mol. The number of piperidine rings is 1. The Bertz CT molecular complexity index is 1090. The van der Waals surface area contributed by atoms with Crippen LogP contribution >= 0.6 is 12.4 Å². The summed E-state index contributed by atoms with van der Waals surface area (Å²) in [4.78, 5) is 12.9. The zero-order valence-corrected chi connectivity index (χ0v) is 21.3. The summed E-state index contributed by atoms with van der Waals surface area (Å²) in [6.45, 7) is 10.6. The van der Waals surface area contributed by atoms with E-state index in [0.717, 1.165) is 36.6 Å². The molecule has 2 amide bonds. The predicted octanol–water partition coefficient (Wildman–Crippen LogP) is 6.09. The number of anilines is 2. The van der Waals surface area contributed by atoms with Crippen molar-refractivity contribution in [1.82, 2.24) is 15.1 Å². The standard InChI is InChI=1S/C27H35N5O.ClH/c1-19-8-10-23(11-9-19)32-25(18-24(31-32)27(2,3)4)30-26(33)29-22-7-5-6-21(17-22)16-20-12-14-28-15-13-20;/h5-11,17-18,20,28H,12-16H2,1-4H3,(H2,29,30,33);1H. The number of rotatable bonds is 5. The van der Waals surface area contributed by atoms with Gasteiger partial charge in [-0.2, -0.15) is 5.10 Å². The van der Waals surface area contributed by atoms with Crippen molar-refractivity contribution in [1.29, 1.82) is 0 Å². The molecular weight excluding hydrogens is 446 g/mol. The Balaban J connectivity index is 0.00000324. The number of urea groups is 1. The number of benzene rings is 2. The van der Waals surface area contributed by atoms with Crippen LogP contribution in [0.2, 0.25) is 0 Å². The summed E-state index contributed by atoms with van der Waals surface area (Å²) in [6.07, 6.45) is 3.46. The minimum atomic E-state index is -0.275. The average molecular weight is 482 g/mol. The summed E-state index contributed by atoms with van der Waals surface area (Å²) >= 11 is 0. The molecule has 3 aromatic rings. The zero-order valence-electron chi connectivity index (χ0n) is 20.5. The van der Waals surface area contributed by atoms with Crippen molar-refractivity contribution in [3.05, 3.63) is 71.4 Å². The number of nitrogens with one attached hydrogen (secondary N) is 3. The van der Waals surface area contributed by atoms with Crippen LogP contribution in [0.4, 0.5) is 16.3 Å². The summed E-state index contributed by atoms with van der Waals surface area (Å²) < 4.78 is 1.80. The number of hydrogen-bond donors (Lipinski definition) is 3. The third-order valence-electron chi connectivity index (χ3n) is 6.17. The molecule has 1 aromatic heterocycles. The molecule has 6 nitrogen and oxygen atoms in total. The van der Waals surface area contributed by atoms with Gasteiger partial charge in [0, 0.05) is 17.2 Å². The van der Waals surface area contributed by atoms with Crippen molar-refractivity contribution in [3.8, 4) is 5.69 Å². The molecule has 1 saturated heterocycles. The lowest BCUT2D eigenvalue weighted by Crippen LogP contribution is -2.28. The van der Waals surface area contributed by atoms with Crippen LogP contribution in [0.5, 0.6) is 0 Å². The molecule has 182 valence electrons. The fourth-order valence-electron chi connectivity index (χ4n) is 4.19. The van der Waals surface area contributed by atoms with Crippen molar-refractivity contribution in [3.63, 3.8) is 0 Å². The quantitative estimate of drug-likeness (QED) is 0.413. The number of carbonyl (C=O) groups excluding carboxylic acids is 1. The van der Waals surface area contributed by atoms with Gasteiger partial charge in [-0.25, -0.2) is 9.48 Å². The van der Waals surface area contributed by atoms with Gasteiger partial charge in [0.05, 0.1) is 11.4 Å². The first-order valence-corrected chi connectivity index (χ1v) is 11.8. The third-order valence-corrected chi connectivity index (χ3v) is 6.17. The van der Waals surface area contributed by atoms with E-state index in [0.29, 0.717) is 11.7 Å². The number of aryl methyl sites for hydroxylation is 1. The smallest absolute Gasteiger partial charge is 0.317 e. The van der Waals surface area contributed by atoms with E-state index in [2.05, 4.69) is 55.8 Å². The second-order valence-electron chi connectivity index (χ2n) is 10.1. The predicted molar refractivity (Wildman–Crippen MR) is 143 cm³/mol. The number of aromatic nitrogens is 2. The third kappa shape index (κ3) is 6.61. The molecule has 7 heteroatoms. The second kappa shape index (κ2) is 11.1. The van der Waals surface area contributed by atoms with Crippen LogP contribution in [0.1, 0.15) is 50.4 Å². The summed E-state index contributed by atoms with van der Waals surface area (Å²) in [5, 5.41) is 14.2. The molecule has 0 unspecified atom stereocenters. The molecule has 0 aliphatic carbocycles. The molecule has 34 heavy (non-hydrogen) atoms. The summed E-state index contributed by atoms with van der Waals surface area (Å²) in [7, 11) is 0. The van der Waals surface area contributed by atoms with E-state index < -0.39 is 0 Å². The van der Waals surface area contributed by atoms with Gasteiger partial charge in [-0.3, -0.25) is 5.32 Å².